The van der Waals surface area contributed by atoms with E-state index in [9.17, 15) is 18.0 Å². The third-order valence-corrected chi connectivity index (χ3v) is 10.3. The van der Waals surface area contributed by atoms with Crippen LogP contribution < -0.4 is 14.9 Å². The van der Waals surface area contributed by atoms with Crippen molar-refractivity contribution in [2.45, 2.75) is 48.7 Å². The lowest BCUT2D eigenvalue weighted by Gasteiger charge is -2.37. The zero-order chi connectivity index (χ0) is 31.2. The molecule has 0 spiro atoms. The Morgan fingerprint density at radius 3 is 2.36 bits per heavy atom. The van der Waals surface area contributed by atoms with Gasteiger partial charge in [-0.05, 0) is 37.1 Å². The van der Waals surface area contributed by atoms with Crippen LogP contribution >= 0.6 is 0 Å². The van der Waals surface area contributed by atoms with E-state index in [1.807, 2.05) is 78.9 Å². The fourth-order valence-corrected chi connectivity index (χ4v) is 7.86. The summed E-state index contributed by atoms with van der Waals surface area (Å²) >= 11 is 0. The van der Waals surface area contributed by atoms with Crippen LogP contribution in [-0.2, 0) is 19.6 Å². The summed E-state index contributed by atoms with van der Waals surface area (Å²) < 4.78 is 36.5. The first kappa shape index (κ1) is 28.9. The van der Waals surface area contributed by atoms with Gasteiger partial charge >= 0.3 is 0 Å². The number of rotatable bonds is 6. The molecule has 1 aromatic heterocycles. The number of sulfonamides is 1. The Labute approximate surface area is 261 Å². The van der Waals surface area contributed by atoms with Crippen molar-refractivity contribution in [3.8, 4) is 0 Å². The number of hydrogen-bond donors (Lipinski definition) is 2. The van der Waals surface area contributed by atoms with Gasteiger partial charge in [0.2, 0.25) is 22.1 Å². The van der Waals surface area contributed by atoms with Gasteiger partial charge in [0.15, 0.2) is 0 Å². The summed E-state index contributed by atoms with van der Waals surface area (Å²) in [7, 11) is -2.51. The highest BCUT2D eigenvalue weighted by Gasteiger charge is 2.45. The molecule has 1 saturated carbocycles. The number of para-hydroxylation sites is 2. The van der Waals surface area contributed by atoms with E-state index in [1.54, 1.807) is 13.1 Å². The Morgan fingerprint density at radius 2 is 1.56 bits per heavy atom. The van der Waals surface area contributed by atoms with Crippen LogP contribution in [-0.4, -0.2) is 44.7 Å². The zero-order valence-electron chi connectivity index (χ0n) is 24.7. The van der Waals surface area contributed by atoms with Crippen LogP contribution in [0.5, 0.6) is 0 Å². The molecular weight excluding hydrogens is 588 g/mol. The van der Waals surface area contributed by atoms with Gasteiger partial charge in [-0.1, -0.05) is 86.0 Å². The van der Waals surface area contributed by atoms with E-state index in [1.165, 1.54) is 17.0 Å². The number of nitrogens with one attached hydrogen (secondary N) is 2. The first-order valence-electron chi connectivity index (χ1n) is 15.0. The second-order valence-electron chi connectivity index (χ2n) is 11.6. The number of carbonyl (C=O) groups is 2. The van der Waals surface area contributed by atoms with E-state index >= 15 is 0 Å². The van der Waals surface area contributed by atoms with Crippen molar-refractivity contribution >= 4 is 55.2 Å². The van der Waals surface area contributed by atoms with Crippen molar-refractivity contribution in [1.82, 2.24) is 10.0 Å². The van der Waals surface area contributed by atoms with E-state index in [4.69, 9.17) is 9.41 Å². The van der Waals surface area contributed by atoms with Gasteiger partial charge in [0.1, 0.15) is 16.7 Å². The quantitative estimate of drug-likeness (QED) is 0.259. The third-order valence-electron chi connectivity index (χ3n) is 8.79. The van der Waals surface area contributed by atoms with E-state index in [2.05, 4.69) is 10.0 Å². The minimum atomic E-state index is -4.16. The van der Waals surface area contributed by atoms with Crippen molar-refractivity contribution in [2.24, 2.45) is 4.99 Å². The monoisotopic (exact) mass is 620 g/mol. The predicted octanol–water partition coefficient (Wildman–Crippen LogP) is 5.52. The molecule has 1 atom stereocenters. The van der Waals surface area contributed by atoms with Crippen molar-refractivity contribution < 1.29 is 22.4 Å². The van der Waals surface area contributed by atoms with Crippen molar-refractivity contribution in [2.75, 3.05) is 11.9 Å². The Bertz CT molecular complexity index is 2080. The number of likely N-dealkylation sites (N-methyl/N-ethyl adjacent to an activating group) is 1. The Kier molecular flexibility index (Phi) is 7.26. The van der Waals surface area contributed by atoms with Crippen molar-refractivity contribution in [3.63, 3.8) is 0 Å². The molecule has 5 aromatic rings. The number of hydrogen-bond acceptors (Lipinski definition) is 6. The number of anilines is 1. The van der Waals surface area contributed by atoms with Gasteiger partial charge in [-0.3, -0.25) is 9.59 Å². The summed E-state index contributed by atoms with van der Waals surface area (Å²) in [6, 6.07) is 29.2. The average Bonchev–Trinajstić information content (AvgIpc) is 3.40. The molecule has 9 nitrogen and oxygen atoms in total. The third kappa shape index (κ3) is 5.19. The van der Waals surface area contributed by atoms with E-state index in [0.717, 1.165) is 28.3 Å². The summed E-state index contributed by atoms with van der Waals surface area (Å²) in [5.41, 5.74) is 2.42. The van der Waals surface area contributed by atoms with E-state index in [0.29, 0.717) is 35.4 Å². The largest absolute Gasteiger partial charge is 0.456 e. The molecule has 0 saturated heterocycles. The fraction of sp³-hybridized carbons (Fsp3) is 0.229. The molecule has 10 heteroatoms. The maximum Gasteiger partial charge on any atom is 0.272 e. The topological polar surface area (TPSA) is 121 Å². The highest BCUT2D eigenvalue weighted by atomic mass is 32.2. The molecule has 0 radical (unpaired) electrons. The Morgan fingerprint density at radius 1 is 0.867 bits per heavy atom. The molecule has 1 unspecified atom stereocenters. The lowest BCUT2D eigenvalue weighted by molar-refractivity contribution is -0.132. The van der Waals surface area contributed by atoms with Crippen LogP contribution in [0.1, 0.15) is 43.2 Å². The Balaban J connectivity index is 1.23. The molecule has 4 aromatic carbocycles. The number of aliphatic imine (C=N–C) groups is 1. The summed E-state index contributed by atoms with van der Waals surface area (Å²) in [4.78, 5) is 34.3. The highest BCUT2D eigenvalue weighted by Crippen LogP contribution is 2.34. The number of amides is 2. The smallest absolute Gasteiger partial charge is 0.272 e. The average molecular weight is 621 g/mol. The van der Waals surface area contributed by atoms with Crippen molar-refractivity contribution in [1.29, 1.82) is 0 Å². The number of nitrogens with zero attached hydrogens (tertiary/aromatic N) is 2. The maximum atomic E-state index is 14.2. The molecule has 2 heterocycles. The molecule has 2 amide bonds. The number of benzene rings is 4. The maximum absolute atomic E-state index is 14.2. The second kappa shape index (κ2) is 11.3. The van der Waals surface area contributed by atoms with Crippen molar-refractivity contribution in [3.05, 3.63) is 108 Å². The summed E-state index contributed by atoms with van der Waals surface area (Å²) in [6.45, 7) is 0. The number of fused-ring (bicyclic) bond motifs is 4. The van der Waals surface area contributed by atoms with Gasteiger partial charge < -0.3 is 14.6 Å². The molecule has 1 aliphatic carbocycles. The van der Waals surface area contributed by atoms with Crippen LogP contribution in [0.15, 0.2) is 111 Å². The lowest BCUT2D eigenvalue weighted by Crippen LogP contribution is -2.62. The molecule has 228 valence electrons. The van der Waals surface area contributed by atoms with Crippen LogP contribution in [0.3, 0.4) is 0 Å². The number of benzodiazepines with no additional fused rings is 1. The van der Waals surface area contributed by atoms with Crippen LogP contribution in [0, 0.1) is 0 Å². The molecule has 1 aliphatic heterocycles. The molecular formula is C35H32N4O5S. The second-order valence-corrected chi connectivity index (χ2v) is 13.3. The van der Waals surface area contributed by atoms with Gasteiger partial charge in [0.25, 0.3) is 5.91 Å². The highest BCUT2D eigenvalue weighted by molar-refractivity contribution is 7.89. The number of furan rings is 1. The van der Waals surface area contributed by atoms with E-state index < -0.39 is 33.5 Å². The normalized spacial score (nSPS) is 18.3. The van der Waals surface area contributed by atoms with Gasteiger partial charge in [-0.15, -0.1) is 0 Å². The van der Waals surface area contributed by atoms with Gasteiger partial charge in [0, 0.05) is 35.0 Å². The molecule has 2 aliphatic rings. The first-order chi connectivity index (χ1) is 21.8. The fourth-order valence-electron chi connectivity index (χ4n) is 6.43. The minimum Gasteiger partial charge on any atom is -0.456 e. The molecule has 2 N–H and O–H groups in total. The molecule has 0 bridgehead atoms. The summed E-state index contributed by atoms with van der Waals surface area (Å²) in [5, 5.41) is 4.54. The minimum absolute atomic E-state index is 0.00286. The SMILES string of the molecule is CN1C(=O)C(NC(=O)C2(NS(=O)(=O)c3ccc4c(c3)oc3ccccc34)CCCCC2)N=C(c2ccccc2)c2ccccc21. The first-order valence-corrected chi connectivity index (χ1v) is 16.5. The van der Waals surface area contributed by atoms with Crippen LogP contribution in [0.4, 0.5) is 5.69 Å². The molecule has 1 fully saturated rings. The Hall–Kier alpha value is -4.80. The number of carbonyl (C=O) groups excluding carboxylic acids is 2. The van der Waals surface area contributed by atoms with Gasteiger partial charge in [0.05, 0.1) is 16.3 Å². The molecule has 7 rings (SSSR count). The summed E-state index contributed by atoms with van der Waals surface area (Å²) in [5.74, 6) is -1.00. The van der Waals surface area contributed by atoms with E-state index in [-0.39, 0.29) is 17.7 Å². The van der Waals surface area contributed by atoms with Crippen LogP contribution in [0.2, 0.25) is 0 Å². The molecule has 45 heavy (non-hydrogen) atoms. The lowest BCUT2D eigenvalue weighted by atomic mass is 9.82. The zero-order valence-corrected chi connectivity index (χ0v) is 25.5. The van der Waals surface area contributed by atoms with Gasteiger partial charge in [-0.25, -0.2) is 13.4 Å². The van der Waals surface area contributed by atoms with Gasteiger partial charge in [-0.2, -0.15) is 4.72 Å². The van der Waals surface area contributed by atoms with Crippen LogP contribution in [0.25, 0.3) is 21.9 Å². The summed E-state index contributed by atoms with van der Waals surface area (Å²) in [6.07, 6.45) is 1.50. The predicted molar refractivity (Wildman–Crippen MR) is 174 cm³/mol. The standard InChI is InChI=1S/C35H32N4O5S/c1-39-28-16-8-6-15-27(28)31(23-12-4-2-5-13-23)36-32(33(39)40)37-34(41)35(20-10-3-11-21-35)38-45(42,43)24-18-19-26-25-14-7-9-17-29(25)44-30(26)22-24/h2,4-9,12-19,22,32,38H,3,10-11,20-21H2,1H3,(H,37,41).